The number of aryl methyl sites for hydroxylation is 1. The van der Waals surface area contributed by atoms with E-state index < -0.39 is 5.25 Å². The van der Waals surface area contributed by atoms with Crippen LogP contribution in [0.25, 0.3) is 0 Å². The first kappa shape index (κ1) is 18.6. The van der Waals surface area contributed by atoms with Crippen molar-refractivity contribution in [3.05, 3.63) is 57.8 Å². The zero-order valence-corrected chi connectivity index (χ0v) is 16.3. The number of halogens is 1. The molecular weight excluding hydrogens is 371 g/mol. The van der Waals surface area contributed by atoms with Gasteiger partial charge in [-0.1, -0.05) is 23.9 Å². The Kier molecular flexibility index (Phi) is 5.73. The van der Waals surface area contributed by atoms with E-state index in [2.05, 4.69) is 21.6 Å². The predicted molar refractivity (Wildman–Crippen MR) is 103 cm³/mol. The van der Waals surface area contributed by atoms with Crippen molar-refractivity contribution in [2.45, 2.75) is 30.7 Å². The van der Waals surface area contributed by atoms with Crippen molar-refractivity contribution < 1.29 is 9.18 Å². The standard InChI is InChI=1S/C18H19FN4OS2/c1-11-6-7-13(9-15(11)19)20-17(24)12(2)26-18-22-21-16(23(18)3)10-14-5-4-8-25-14/h4-9,12H,10H2,1-3H3,(H,20,24)/t12-/m1/s1. The van der Waals surface area contributed by atoms with E-state index in [4.69, 9.17) is 0 Å². The number of benzene rings is 1. The van der Waals surface area contributed by atoms with E-state index in [0.29, 0.717) is 22.8 Å². The van der Waals surface area contributed by atoms with Gasteiger partial charge in [0.05, 0.1) is 5.25 Å². The van der Waals surface area contributed by atoms with Gasteiger partial charge in [-0.15, -0.1) is 21.5 Å². The Balaban J connectivity index is 1.63. The lowest BCUT2D eigenvalue weighted by atomic mass is 10.2. The van der Waals surface area contributed by atoms with Gasteiger partial charge >= 0.3 is 0 Å². The SMILES string of the molecule is Cc1ccc(NC(=O)[C@@H](C)Sc2nnc(Cc3cccs3)n2C)cc1F. The van der Waals surface area contributed by atoms with Crippen LogP contribution in [0.15, 0.2) is 40.9 Å². The lowest BCUT2D eigenvalue weighted by molar-refractivity contribution is -0.115. The molecule has 0 aliphatic carbocycles. The van der Waals surface area contributed by atoms with Crippen LogP contribution >= 0.6 is 23.1 Å². The highest BCUT2D eigenvalue weighted by Crippen LogP contribution is 2.24. The number of thiophene rings is 1. The van der Waals surface area contributed by atoms with E-state index in [1.807, 2.05) is 23.1 Å². The van der Waals surface area contributed by atoms with Gasteiger partial charge < -0.3 is 9.88 Å². The molecule has 1 aromatic carbocycles. The van der Waals surface area contributed by atoms with Gasteiger partial charge in [0.2, 0.25) is 5.91 Å². The molecule has 2 heterocycles. The molecule has 136 valence electrons. The highest BCUT2D eigenvalue weighted by Gasteiger charge is 2.19. The Bertz CT molecular complexity index is 908. The Morgan fingerprint density at radius 2 is 2.19 bits per heavy atom. The molecule has 0 aliphatic rings. The topological polar surface area (TPSA) is 59.8 Å². The van der Waals surface area contributed by atoms with Gasteiger partial charge in [0.15, 0.2) is 5.16 Å². The molecule has 26 heavy (non-hydrogen) atoms. The summed E-state index contributed by atoms with van der Waals surface area (Å²) >= 11 is 3.00. The van der Waals surface area contributed by atoms with Crippen LogP contribution < -0.4 is 5.32 Å². The number of hydrogen-bond acceptors (Lipinski definition) is 5. The minimum atomic E-state index is -0.392. The van der Waals surface area contributed by atoms with Gasteiger partial charge in [0.1, 0.15) is 11.6 Å². The normalized spacial score (nSPS) is 12.2. The van der Waals surface area contributed by atoms with Gasteiger partial charge in [-0.3, -0.25) is 4.79 Å². The molecule has 0 spiro atoms. The fourth-order valence-corrected chi connectivity index (χ4v) is 3.83. The molecular formula is C18H19FN4OS2. The van der Waals surface area contributed by atoms with E-state index in [-0.39, 0.29) is 11.7 Å². The van der Waals surface area contributed by atoms with Crippen molar-refractivity contribution in [3.63, 3.8) is 0 Å². The Labute approximate surface area is 159 Å². The van der Waals surface area contributed by atoms with Crippen molar-refractivity contribution in [1.29, 1.82) is 0 Å². The zero-order chi connectivity index (χ0) is 18.7. The summed E-state index contributed by atoms with van der Waals surface area (Å²) < 4.78 is 15.5. The van der Waals surface area contributed by atoms with Crippen molar-refractivity contribution in [2.24, 2.45) is 7.05 Å². The maximum atomic E-state index is 13.6. The number of hydrogen-bond donors (Lipinski definition) is 1. The van der Waals surface area contributed by atoms with E-state index >= 15 is 0 Å². The number of thioether (sulfide) groups is 1. The minimum Gasteiger partial charge on any atom is -0.325 e. The molecule has 0 aliphatic heterocycles. The third-order valence-corrected chi connectivity index (χ3v) is 5.94. The number of rotatable bonds is 6. The number of carbonyl (C=O) groups excluding carboxylic acids is 1. The number of aromatic nitrogens is 3. The number of anilines is 1. The number of nitrogens with zero attached hydrogens (tertiary/aromatic N) is 3. The number of amides is 1. The summed E-state index contributed by atoms with van der Waals surface area (Å²) in [5.74, 6) is 0.304. The summed E-state index contributed by atoms with van der Waals surface area (Å²) in [7, 11) is 1.89. The van der Waals surface area contributed by atoms with Crippen LogP contribution in [-0.4, -0.2) is 25.9 Å². The Morgan fingerprint density at radius 1 is 1.38 bits per heavy atom. The second kappa shape index (κ2) is 8.01. The van der Waals surface area contributed by atoms with Crippen molar-refractivity contribution in [2.75, 3.05) is 5.32 Å². The van der Waals surface area contributed by atoms with Crippen LogP contribution in [-0.2, 0) is 18.3 Å². The minimum absolute atomic E-state index is 0.207. The summed E-state index contributed by atoms with van der Waals surface area (Å²) in [6.45, 7) is 3.47. The van der Waals surface area contributed by atoms with Crippen molar-refractivity contribution >= 4 is 34.7 Å². The molecule has 2 aromatic heterocycles. The van der Waals surface area contributed by atoms with Gasteiger partial charge in [0, 0.05) is 24.0 Å². The fourth-order valence-electron chi connectivity index (χ4n) is 2.30. The van der Waals surface area contributed by atoms with Crippen LogP contribution in [0.2, 0.25) is 0 Å². The number of carbonyl (C=O) groups is 1. The van der Waals surface area contributed by atoms with Gasteiger partial charge in [-0.2, -0.15) is 0 Å². The lowest BCUT2D eigenvalue weighted by Crippen LogP contribution is -2.23. The second-order valence-electron chi connectivity index (χ2n) is 5.93. The van der Waals surface area contributed by atoms with E-state index in [1.54, 1.807) is 37.3 Å². The summed E-state index contributed by atoms with van der Waals surface area (Å²) in [6.07, 6.45) is 0.713. The molecule has 0 bridgehead atoms. The van der Waals surface area contributed by atoms with E-state index in [1.165, 1.54) is 22.7 Å². The molecule has 8 heteroatoms. The second-order valence-corrected chi connectivity index (χ2v) is 8.27. The van der Waals surface area contributed by atoms with Gasteiger partial charge in [-0.25, -0.2) is 4.39 Å². The fraction of sp³-hybridized carbons (Fsp3) is 0.278. The van der Waals surface area contributed by atoms with E-state index in [9.17, 15) is 9.18 Å². The molecule has 3 aromatic rings. The maximum absolute atomic E-state index is 13.6. The lowest BCUT2D eigenvalue weighted by Gasteiger charge is -2.12. The zero-order valence-electron chi connectivity index (χ0n) is 14.7. The third-order valence-electron chi connectivity index (χ3n) is 3.93. The molecule has 0 saturated heterocycles. The molecule has 0 fully saturated rings. The van der Waals surface area contributed by atoms with Gasteiger partial charge in [0.25, 0.3) is 0 Å². The van der Waals surface area contributed by atoms with Crippen LogP contribution in [0.4, 0.5) is 10.1 Å². The monoisotopic (exact) mass is 390 g/mol. The first-order chi connectivity index (χ1) is 12.4. The Morgan fingerprint density at radius 3 is 2.88 bits per heavy atom. The first-order valence-electron chi connectivity index (χ1n) is 8.08. The summed E-state index contributed by atoms with van der Waals surface area (Å²) in [5, 5.41) is 13.5. The molecule has 3 rings (SSSR count). The highest BCUT2D eigenvalue weighted by atomic mass is 32.2. The summed E-state index contributed by atoms with van der Waals surface area (Å²) in [5.41, 5.74) is 0.990. The summed E-state index contributed by atoms with van der Waals surface area (Å²) in [4.78, 5) is 13.6. The van der Waals surface area contributed by atoms with Crippen molar-refractivity contribution in [1.82, 2.24) is 14.8 Å². The maximum Gasteiger partial charge on any atom is 0.237 e. The molecule has 1 amide bonds. The average molecular weight is 391 g/mol. The average Bonchev–Trinajstić information content (AvgIpc) is 3.23. The summed E-state index contributed by atoms with van der Waals surface area (Å²) in [6, 6.07) is 8.72. The predicted octanol–water partition coefficient (Wildman–Crippen LogP) is 4.03. The molecule has 1 atom stereocenters. The highest BCUT2D eigenvalue weighted by molar-refractivity contribution is 8.00. The van der Waals surface area contributed by atoms with Crippen LogP contribution in [0.1, 0.15) is 23.2 Å². The van der Waals surface area contributed by atoms with Crippen LogP contribution in [0.3, 0.4) is 0 Å². The Hall–Kier alpha value is -2.19. The molecule has 0 unspecified atom stereocenters. The molecule has 0 saturated carbocycles. The van der Waals surface area contributed by atoms with Crippen LogP contribution in [0.5, 0.6) is 0 Å². The van der Waals surface area contributed by atoms with E-state index in [0.717, 1.165) is 5.82 Å². The molecule has 5 nitrogen and oxygen atoms in total. The molecule has 0 radical (unpaired) electrons. The third kappa shape index (κ3) is 4.31. The number of nitrogens with one attached hydrogen (secondary N) is 1. The first-order valence-corrected chi connectivity index (χ1v) is 9.84. The molecule has 1 N–H and O–H groups in total. The smallest absolute Gasteiger partial charge is 0.237 e. The largest absolute Gasteiger partial charge is 0.325 e. The van der Waals surface area contributed by atoms with Gasteiger partial charge in [-0.05, 0) is 43.0 Å². The van der Waals surface area contributed by atoms with Crippen molar-refractivity contribution in [3.8, 4) is 0 Å². The van der Waals surface area contributed by atoms with Crippen LogP contribution in [0, 0.1) is 12.7 Å². The quantitative estimate of drug-likeness (QED) is 0.646.